The Morgan fingerprint density at radius 2 is 1.88 bits per heavy atom. The second-order valence-electron chi connectivity index (χ2n) is 6.15. The molecule has 0 N–H and O–H groups in total. The lowest BCUT2D eigenvalue weighted by molar-refractivity contribution is -0.0238. The van der Waals surface area contributed by atoms with Crippen LogP contribution in [0.4, 0.5) is 4.39 Å². The van der Waals surface area contributed by atoms with Crippen LogP contribution >= 0.6 is 27.5 Å². The molecule has 8 heteroatoms. The number of hydrogen-bond acceptors (Lipinski definition) is 3. The van der Waals surface area contributed by atoms with Gasteiger partial charge in [-0.15, -0.1) is 0 Å². The van der Waals surface area contributed by atoms with Crippen LogP contribution in [0.2, 0.25) is 5.02 Å². The molecule has 0 amide bonds. The predicted octanol–water partition coefficient (Wildman–Crippen LogP) is 3.34. The van der Waals surface area contributed by atoms with Gasteiger partial charge in [0.05, 0.1) is 41.7 Å². The fraction of sp³-hybridized carbons (Fsp3) is 0.222. The molecule has 1 aliphatic rings. The van der Waals surface area contributed by atoms with Gasteiger partial charge in [-0.25, -0.2) is 9.18 Å². The van der Waals surface area contributed by atoms with Crippen molar-refractivity contribution in [1.82, 2.24) is 9.13 Å². The van der Waals surface area contributed by atoms with Gasteiger partial charge in [-0.3, -0.25) is 13.9 Å². The molecule has 2 aromatic carbocycles. The van der Waals surface area contributed by atoms with Crippen LogP contribution in [0.3, 0.4) is 0 Å². The predicted molar refractivity (Wildman–Crippen MR) is 101 cm³/mol. The third-order valence-electron chi connectivity index (χ3n) is 4.45. The Morgan fingerprint density at radius 1 is 1.19 bits per heavy atom. The first-order valence-electron chi connectivity index (χ1n) is 7.92. The molecule has 2 heterocycles. The van der Waals surface area contributed by atoms with E-state index in [1.54, 1.807) is 0 Å². The second-order valence-corrected chi connectivity index (χ2v) is 7.47. The molecule has 0 radical (unpaired) electrons. The van der Waals surface area contributed by atoms with Crippen LogP contribution in [0, 0.1) is 5.82 Å². The Balaban J connectivity index is 1.97. The minimum atomic E-state index is -0.693. The highest BCUT2D eigenvalue weighted by molar-refractivity contribution is 9.10. The third kappa shape index (κ3) is 2.90. The molecule has 1 aromatic heterocycles. The quantitative estimate of drug-likeness (QED) is 0.629. The number of fused-ring (bicyclic) bond motifs is 1. The SMILES string of the molecule is O=c1c2cc(F)c(Cl)cc2n(C2COC2)c(=O)n1Cc1ccc(Br)cc1. The average molecular weight is 440 g/mol. The summed E-state index contributed by atoms with van der Waals surface area (Å²) in [6, 6.07) is 9.52. The Morgan fingerprint density at radius 3 is 2.50 bits per heavy atom. The molecular weight excluding hydrogens is 427 g/mol. The molecule has 1 fully saturated rings. The van der Waals surface area contributed by atoms with Crippen LogP contribution in [-0.4, -0.2) is 22.3 Å². The minimum absolute atomic E-state index is 0.0959. The topological polar surface area (TPSA) is 53.2 Å². The molecule has 1 saturated heterocycles. The molecule has 0 bridgehead atoms. The summed E-state index contributed by atoms with van der Waals surface area (Å²) in [6.07, 6.45) is 0. The van der Waals surface area contributed by atoms with E-state index in [9.17, 15) is 14.0 Å². The van der Waals surface area contributed by atoms with E-state index < -0.39 is 17.1 Å². The molecule has 4 rings (SSSR count). The van der Waals surface area contributed by atoms with Gasteiger partial charge in [-0.05, 0) is 29.8 Å². The van der Waals surface area contributed by atoms with Gasteiger partial charge >= 0.3 is 5.69 Å². The summed E-state index contributed by atoms with van der Waals surface area (Å²) in [5.41, 5.74) is 0.116. The normalized spacial score (nSPS) is 14.6. The number of aromatic nitrogens is 2. The number of ether oxygens (including phenoxy) is 1. The van der Waals surface area contributed by atoms with E-state index in [4.69, 9.17) is 16.3 Å². The molecule has 0 spiro atoms. The van der Waals surface area contributed by atoms with Gasteiger partial charge in [-0.1, -0.05) is 39.7 Å². The molecule has 5 nitrogen and oxygen atoms in total. The van der Waals surface area contributed by atoms with Crippen molar-refractivity contribution in [2.24, 2.45) is 0 Å². The van der Waals surface area contributed by atoms with Crippen molar-refractivity contribution in [2.45, 2.75) is 12.6 Å². The highest BCUT2D eigenvalue weighted by Crippen LogP contribution is 2.24. The molecular formula is C18H13BrClFN2O3. The summed E-state index contributed by atoms with van der Waals surface area (Å²) in [7, 11) is 0. The van der Waals surface area contributed by atoms with Gasteiger partial charge in [0.25, 0.3) is 5.56 Å². The zero-order valence-corrected chi connectivity index (χ0v) is 15.8. The standard InChI is InChI=1S/C18H13BrClFN2O3/c19-11-3-1-10(2-4-11)7-22-17(24)13-5-15(21)14(20)6-16(13)23(18(22)25)12-8-26-9-12/h1-6,12H,7-9H2. The van der Waals surface area contributed by atoms with Gasteiger partial charge in [0.15, 0.2) is 0 Å². The second kappa shape index (κ2) is 6.64. The highest BCUT2D eigenvalue weighted by Gasteiger charge is 2.26. The van der Waals surface area contributed by atoms with E-state index in [-0.39, 0.29) is 23.0 Å². The van der Waals surface area contributed by atoms with Crippen molar-refractivity contribution < 1.29 is 9.13 Å². The fourth-order valence-electron chi connectivity index (χ4n) is 3.01. The maximum absolute atomic E-state index is 14.0. The monoisotopic (exact) mass is 438 g/mol. The fourth-order valence-corrected chi connectivity index (χ4v) is 3.43. The first-order chi connectivity index (χ1) is 12.5. The maximum Gasteiger partial charge on any atom is 0.332 e. The van der Waals surface area contributed by atoms with Crippen LogP contribution < -0.4 is 11.2 Å². The smallest absolute Gasteiger partial charge is 0.332 e. The molecule has 0 unspecified atom stereocenters. The highest BCUT2D eigenvalue weighted by atomic mass is 79.9. The summed E-state index contributed by atoms with van der Waals surface area (Å²) < 4.78 is 22.6. The van der Waals surface area contributed by atoms with E-state index in [1.165, 1.54) is 10.6 Å². The molecule has 0 atom stereocenters. The summed E-state index contributed by atoms with van der Waals surface area (Å²) in [6.45, 7) is 0.819. The van der Waals surface area contributed by atoms with Crippen molar-refractivity contribution in [1.29, 1.82) is 0 Å². The number of halogens is 3. The lowest BCUT2D eigenvalue weighted by Gasteiger charge is -2.29. The van der Waals surface area contributed by atoms with Crippen molar-refractivity contribution in [3.63, 3.8) is 0 Å². The number of rotatable bonds is 3. The largest absolute Gasteiger partial charge is 0.377 e. The van der Waals surface area contributed by atoms with E-state index in [1.807, 2.05) is 24.3 Å². The van der Waals surface area contributed by atoms with Crippen LogP contribution in [0.5, 0.6) is 0 Å². The Labute approximate surface area is 160 Å². The molecule has 1 aliphatic heterocycles. The summed E-state index contributed by atoms with van der Waals surface area (Å²) >= 11 is 9.23. The van der Waals surface area contributed by atoms with Gasteiger partial charge < -0.3 is 4.74 Å². The van der Waals surface area contributed by atoms with Crippen molar-refractivity contribution in [3.05, 3.63) is 78.1 Å². The number of nitrogens with zero attached hydrogens (tertiary/aromatic N) is 2. The zero-order chi connectivity index (χ0) is 18.4. The molecule has 0 saturated carbocycles. The zero-order valence-electron chi connectivity index (χ0n) is 13.4. The van der Waals surface area contributed by atoms with Crippen molar-refractivity contribution >= 4 is 38.4 Å². The van der Waals surface area contributed by atoms with Crippen molar-refractivity contribution in [2.75, 3.05) is 13.2 Å². The lowest BCUT2D eigenvalue weighted by atomic mass is 10.1. The van der Waals surface area contributed by atoms with E-state index >= 15 is 0 Å². The molecule has 134 valence electrons. The lowest BCUT2D eigenvalue weighted by Crippen LogP contribution is -2.46. The summed E-state index contributed by atoms with van der Waals surface area (Å²) in [4.78, 5) is 25.9. The van der Waals surface area contributed by atoms with Gasteiger partial charge in [-0.2, -0.15) is 0 Å². The Bertz CT molecular complexity index is 1120. The average Bonchev–Trinajstić information content (AvgIpc) is 2.57. The third-order valence-corrected chi connectivity index (χ3v) is 5.27. The van der Waals surface area contributed by atoms with Crippen molar-refractivity contribution in [3.8, 4) is 0 Å². The van der Waals surface area contributed by atoms with Gasteiger partial charge in [0.2, 0.25) is 0 Å². The molecule has 3 aromatic rings. The Kier molecular flexibility index (Phi) is 4.46. The van der Waals surface area contributed by atoms with Gasteiger partial charge in [0, 0.05) is 4.47 Å². The van der Waals surface area contributed by atoms with E-state index in [2.05, 4.69) is 15.9 Å². The van der Waals surface area contributed by atoms with Crippen LogP contribution in [0.1, 0.15) is 11.6 Å². The van der Waals surface area contributed by atoms with Crippen LogP contribution in [0.25, 0.3) is 10.9 Å². The van der Waals surface area contributed by atoms with E-state index in [0.29, 0.717) is 18.7 Å². The number of benzene rings is 2. The van der Waals surface area contributed by atoms with Crippen LogP contribution in [-0.2, 0) is 11.3 Å². The van der Waals surface area contributed by atoms with E-state index in [0.717, 1.165) is 20.7 Å². The number of hydrogen-bond donors (Lipinski definition) is 0. The van der Waals surface area contributed by atoms with Gasteiger partial charge in [0.1, 0.15) is 5.82 Å². The maximum atomic E-state index is 14.0. The molecule has 0 aliphatic carbocycles. The Hall–Kier alpha value is -1.96. The summed E-state index contributed by atoms with van der Waals surface area (Å²) in [5, 5.41) is -0.00790. The van der Waals surface area contributed by atoms with Crippen LogP contribution in [0.15, 0.2) is 50.5 Å². The first kappa shape index (κ1) is 17.5. The first-order valence-corrected chi connectivity index (χ1v) is 9.09. The molecule has 26 heavy (non-hydrogen) atoms. The minimum Gasteiger partial charge on any atom is -0.377 e. The summed E-state index contributed by atoms with van der Waals surface area (Å²) in [5.74, 6) is -0.693.